The Morgan fingerprint density at radius 3 is 2.60 bits per heavy atom. The number of nitrogens with one attached hydrogen (secondary N) is 1. The molecule has 1 fully saturated rings. The fourth-order valence-electron chi connectivity index (χ4n) is 2.93. The zero-order valence-electron chi connectivity index (χ0n) is 11.6. The van der Waals surface area contributed by atoms with E-state index in [1.165, 1.54) is 38.5 Å². The molecule has 3 nitrogen and oxygen atoms in total. The van der Waals surface area contributed by atoms with Crippen molar-refractivity contribution in [3.8, 4) is 6.07 Å². The van der Waals surface area contributed by atoms with Crippen LogP contribution in [0.1, 0.15) is 44.1 Å². The van der Waals surface area contributed by atoms with E-state index >= 15 is 0 Å². The van der Waals surface area contributed by atoms with E-state index in [0.717, 1.165) is 16.7 Å². The number of pyridine rings is 1. The first-order valence-electron chi connectivity index (χ1n) is 7.43. The maximum Gasteiger partial charge on any atom is 0.144 e. The summed E-state index contributed by atoms with van der Waals surface area (Å²) in [4.78, 5) is 4.64. The Kier molecular flexibility index (Phi) is 3.83. The van der Waals surface area contributed by atoms with Gasteiger partial charge in [0.05, 0.1) is 11.1 Å². The maximum atomic E-state index is 9.33. The highest BCUT2D eigenvalue weighted by atomic mass is 15.0. The lowest BCUT2D eigenvalue weighted by Gasteiger charge is -2.18. The van der Waals surface area contributed by atoms with Crippen molar-refractivity contribution in [3.05, 3.63) is 35.9 Å². The average molecular weight is 265 g/mol. The van der Waals surface area contributed by atoms with Gasteiger partial charge < -0.3 is 5.32 Å². The standard InChI is InChI=1S/C17H19N3/c18-12-14-11-13-7-5-6-10-16(13)20-17(14)19-15-8-3-1-2-4-9-15/h5-7,10-11,15H,1-4,8-9H2,(H,19,20). The predicted molar refractivity (Wildman–Crippen MR) is 81.6 cm³/mol. The van der Waals surface area contributed by atoms with Crippen molar-refractivity contribution in [3.63, 3.8) is 0 Å². The topological polar surface area (TPSA) is 48.7 Å². The molecule has 0 amide bonds. The Balaban J connectivity index is 1.91. The third kappa shape index (κ3) is 2.75. The van der Waals surface area contributed by atoms with Gasteiger partial charge in [0, 0.05) is 11.4 Å². The smallest absolute Gasteiger partial charge is 0.144 e. The van der Waals surface area contributed by atoms with Crippen LogP contribution < -0.4 is 5.32 Å². The zero-order chi connectivity index (χ0) is 13.8. The molecule has 0 spiro atoms. The molecule has 0 atom stereocenters. The Labute approximate surface area is 119 Å². The molecule has 0 unspecified atom stereocenters. The number of hydrogen-bond donors (Lipinski definition) is 1. The Bertz CT molecular complexity index is 634. The fourth-order valence-corrected chi connectivity index (χ4v) is 2.93. The molecule has 2 aromatic rings. The molecule has 1 heterocycles. The minimum Gasteiger partial charge on any atom is -0.366 e. The van der Waals surface area contributed by atoms with E-state index in [-0.39, 0.29) is 0 Å². The van der Waals surface area contributed by atoms with Crippen LogP contribution >= 0.6 is 0 Å². The second-order valence-electron chi connectivity index (χ2n) is 5.52. The van der Waals surface area contributed by atoms with Crippen LogP contribution in [-0.4, -0.2) is 11.0 Å². The van der Waals surface area contributed by atoms with Gasteiger partial charge in [-0.3, -0.25) is 0 Å². The first-order valence-corrected chi connectivity index (χ1v) is 7.43. The minimum atomic E-state index is 0.457. The third-order valence-electron chi connectivity index (χ3n) is 4.04. The van der Waals surface area contributed by atoms with E-state index in [9.17, 15) is 5.26 Å². The molecule has 1 aliphatic rings. The van der Waals surface area contributed by atoms with Crippen molar-refractivity contribution in [2.24, 2.45) is 0 Å². The van der Waals surface area contributed by atoms with Crippen molar-refractivity contribution in [2.45, 2.75) is 44.6 Å². The molecule has 3 heteroatoms. The molecule has 0 radical (unpaired) electrons. The molecule has 102 valence electrons. The van der Waals surface area contributed by atoms with E-state index in [2.05, 4.69) is 16.4 Å². The highest BCUT2D eigenvalue weighted by Gasteiger charge is 2.15. The summed E-state index contributed by atoms with van der Waals surface area (Å²) in [6, 6.07) is 12.6. The van der Waals surface area contributed by atoms with Crippen molar-refractivity contribution in [1.29, 1.82) is 5.26 Å². The van der Waals surface area contributed by atoms with Gasteiger partial charge in [-0.15, -0.1) is 0 Å². The number of benzene rings is 1. The Hall–Kier alpha value is -2.08. The van der Waals surface area contributed by atoms with Gasteiger partial charge in [-0.05, 0) is 25.0 Å². The Morgan fingerprint density at radius 2 is 1.85 bits per heavy atom. The minimum absolute atomic E-state index is 0.457. The highest BCUT2D eigenvalue weighted by Crippen LogP contribution is 2.24. The first-order chi connectivity index (χ1) is 9.86. The summed E-state index contributed by atoms with van der Waals surface area (Å²) in [5.41, 5.74) is 1.59. The number of para-hydroxylation sites is 1. The maximum absolute atomic E-state index is 9.33. The molecule has 3 rings (SSSR count). The largest absolute Gasteiger partial charge is 0.366 e. The van der Waals surface area contributed by atoms with Crippen LogP contribution in [-0.2, 0) is 0 Å². The summed E-state index contributed by atoms with van der Waals surface area (Å²) in [6.07, 6.45) is 7.56. The van der Waals surface area contributed by atoms with Gasteiger partial charge >= 0.3 is 0 Å². The lowest BCUT2D eigenvalue weighted by atomic mass is 10.1. The second kappa shape index (κ2) is 5.92. The van der Waals surface area contributed by atoms with Gasteiger partial charge in [0.2, 0.25) is 0 Å². The van der Waals surface area contributed by atoms with E-state index in [1.54, 1.807) is 0 Å². The summed E-state index contributed by atoms with van der Waals surface area (Å²) in [6.45, 7) is 0. The second-order valence-corrected chi connectivity index (χ2v) is 5.52. The van der Waals surface area contributed by atoms with Crippen LogP contribution in [0.3, 0.4) is 0 Å². The van der Waals surface area contributed by atoms with Crippen LogP contribution in [0.4, 0.5) is 5.82 Å². The fraction of sp³-hybridized carbons (Fsp3) is 0.412. The van der Waals surface area contributed by atoms with Gasteiger partial charge in [-0.2, -0.15) is 5.26 Å². The van der Waals surface area contributed by atoms with Gasteiger partial charge in [0.25, 0.3) is 0 Å². The average Bonchev–Trinajstić information content (AvgIpc) is 2.75. The number of aromatic nitrogens is 1. The van der Waals surface area contributed by atoms with Crippen molar-refractivity contribution >= 4 is 16.7 Å². The molecule has 1 aliphatic carbocycles. The normalized spacial score (nSPS) is 16.6. The number of nitriles is 1. The van der Waals surface area contributed by atoms with E-state index < -0.39 is 0 Å². The molecule has 0 aliphatic heterocycles. The van der Waals surface area contributed by atoms with E-state index in [0.29, 0.717) is 11.6 Å². The van der Waals surface area contributed by atoms with Crippen LogP contribution in [0.5, 0.6) is 0 Å². The molecule has 0 saturated heterocycles. The quantitative estimate of drug-likeness (QED) is 0.826. The highest BCUT2D eigenvalue weighted by molar-refractivity contribution is 5.82. The summed E-state index contributed by atoms with van der Waals surface area (Å²) < 4.78 is 0. The van der Waals surface area contributed by atoms with Crippen LogP contribution in [0.15, 0.2) is 30.3 Å². The van der Waals surface area contributed by atoms with Gasteiger partial charge in [-0.25, -0.2) is 4.98 Å². The lowest BCUT2D eigenvalue weighted by Crippen LogP contribution is -2.19. The summed E-state index contributed by atoms with van der Waals surface area (Å²) in [7, 11) is 0. The van der Waals surface area contributed by atoms with Crippen molar-refractivity contribution in [1.82, 2.24) is 4.98 Å². The molecular weight excluding hydrogens is 246 g/mol. The number of rotatable bonds is 2. The number of nitrogens with zero attached hydrogens (tertiary/aromatic N) is 2. The molecule has 1 N–H and O–H groups in total. The van der Waals surface area contributed by atoms with Gasteiger partial charge in [0.1, 0.15) is 11.9 Å². The van der Waals surface area contributed by atoms with Gasteiger partial charge in [0.15, 0.2) is 0 Å². The SMILES string of the molecule is N#Cc1cc2ccccc2nc1NC1CCCCCC1. The molecule has 1 aromatic heterocycles. The van der Waals surface area contributed by atoms with Crippen LogP contribution in [0.25, 0.3) is 10.9 Å². The summed E-state index contributed by atoms with van der Waals surface area (Å²) in [5, 5.41) is 13.9. The van der Waals surface area contributed by atoms with Crippen molar-refractivity contribution in [2.75, 3.05) is 5.32 Å². The molecule has 0 bridgehead atoms. The van der Waals surface area contributed by atoms with Gasteiger partial charge in [-0.1, -0.05) is 43.9 Å². The zero-order valence-corrected chi connectivity index (χ0v) is 11.6. The lowest BCUT2D eigenvalue weighted by molar-refractivity contribution is 0.618. The molecule has 20 heavy (non-hydrogen) atoms. The third-order valence-corrected chi connectivity index (χ3v) is 4.04. The van der Waals surface area contributed by atoms with E-state index in [1.807, 2.05) is 30.3 Å². The van der Waals surface area contributed by atoms with E-state index in [4.69, 9.17) is 0 Å². The molecular formula is C17H19N3. The summed E-state index contributed by atoms with van der Waals surface area (Å²) >= 11 is 0. The number of fused-ring (bicyclic) bond motifs is 1. The van der Waals surface area contributed by atoms with Crippen LogP contribution in [0, 0.1) is 11.3 Å². The number of hydrogen-bond acceptors (Lipinski definition) is 3. The summed E-state index contributed by atoms with van der Waals surface area (Å²) in [5.74, 6) is 0.748. The predicted octanol–water partition coefficient (Wildman–Crippen LogP) is 4.24. The first kappa shape index (κ1) is 12.9. The molecule has 1 aromatic carbocycles. The monoisotopic (exact) mass is 265 g/mol. The molecule has 1 saturated carbocycles. The van der Waals surface area contributed by atoms with Crippen molar-refractivity contribution < 1.29 is 0 Å². The van der Waals surface area contributed by atoms with Crippen LogP contribution in [0.2, 0.25) is 0 Å². The number of anilines is 1. The Morgan fingerprint density at radius 1 is 1.10 bits per heavy atom.